The fraction of sp³-hybridized carbons (Fsp3) is 0.355. The van der Waals surface area contributed by atoms with Crippen LogP contribution in [0.2, 0.25) is 5.15 Å². The summed E-state index contributed by atoms with van der Waals surface area (Å²) in [5, 5.41) is 17.0. The van der Waals surface area contributed by atoms with E-state index in [9.17, 15) is 13.6 Å². The smallest absolute Gasteiger partial charge is 0.259 e. The molecule has 0 bridgehead atoms. The average Bonchev–Trinajstić information content (AvgIpc) is 3.27. The van der Waals surface area contributed by atoms with Gasteiger partial charge in [0.15, 0.2) is 0 Å². The quantitative estimate of drug-likeness (QED) is 0.157. The summed E-state index contributed by atoms with van der Waals surface area (Å²) < 4.78 is 27.8. The highest BCUT2D eigenvalue weighted by molar-refractivity contribution is 6.32. The van der Waals surface area contributed by atoms with Crippen LogP contribution in [-0.2, 0) is 0 Å². The summed E-state index contributed by atoms with van der Waals surface area (Å²) >= 11 is 6.65. The number of fused-ring (bicyclic) bond motifs is 1. The van der Waals surface area contributed by atoms with E-state index in [4.69, 9.17) is 27.5 Å². The van der Waals surface area contributed by atoms with E-state index in [1.165, 1.54) is 13.0 Å². The second-order valence-electron chi connectivity index (χ2n) is 9.25. The number of carbonyl (C=O) groups excluding carboxylic acids is 1. The number of primary amides is 1. The van der Waals surface area contributed by atoms with Crippen LogP contribution >= 0.6 is 11.6 Å². The summed E-state index contributed by atoms with van der Waals surface area (Å²) in [5.74, 6) is -0.555. The first-order valence-corrected chi connectivity index (χ1v) is 13.7. The molecule has 40 heavy (non-hydrogen) atoms. The number of benzene rings is 1. The lowest BCUT2D eigenvalue weighted by atomic mass is 9.92. The number of nitrogens with zero attached hydrogens (tertiary/aromatic N) is 2. The number of aromatic nitrogens is 2. The van der Waals surface area contributed by atoms with Gasteiger partial charge in [0.1, 0.15) is 16.5 Å². The monoisotopic (exact) mass is 573 g/mol. The molecule has 6 nitrogen and oxygen atoms in total. The normalized spacial score (nSPS) is 12.6. The molecule has 0 aliphatic heterocycles. The van der Waals surface area contributed by atoms with E-state index < -0.39 is 12.3 Å². The third kappa shape index (κ3) is 9.11. The predicted molar refractivity (Wildman–Crippen MR) is 159 cm³/mol. The number of amides is 1. The van der Waals surface area contributed by atoms with Gasteiger partial charge in [-0.2, -0.15) is 0 Å². The molecule has 0 fully saturated rings. The first-order chi connectivity index (χ1) is 19.2. The molecule has 3 aromatic rings. The highest BCUT2D eigenvalue weighted by atomic mass is 35.5. The van der Waals surface area contributed by atoms with Crippen molar-refractivity contribution in [1.29, 1.82) is 0 Å². The number of imidazole rings is 1. The third-order valence-corrected chi connectivity index (χ3v) is 6.54. The number of hydrogen-bond acceptors (Lipinski definition) is 4. The topological polar surface area (TPSA) is 101 Å². The second kappa shape index (κ2) is 16.7. The van der Waals surface area contributed by atoms with E-state index in [0.717, 1.165) is 54.4 Å². The van der Waals surface area contributed by atoms with Crippen molar-refractivity contribution < 1.29 is 23.8 Å². The maximum absolute atomic E-state index is 13.1. The van der Waals surface area contributed by atoms with E-state index in [1.807, 2.05) is 44.2 Å². The van der Waals surface area contributed by atoms with Crippen molar-refractivity contribution in [2.24, 2.45) is 5.73 Å². The standard InChI is InChI=1S/C25H24ClF2N3O.C6H14O2/c1-4-7-15(2)18(11-10-16(3)24(27)28)19-8-5-6-9-20(19)22-23(26)31-13-12-17(25(29)32)14-21(31)30-22;7-5-3-1-2-4-6-8/h5-14,24H,4H2,1-3H3,(H2,29,32);7-8H,1-6H2/b15-7-,16-10+,18-11+;. The Hall–Kier alpha value is -3.33. The molecule has 2 heterocycles. The number of allylic oxidation sites excluding steroid dienone is 6. The molecule has 4 N–H and O–H groups in total. The van der Waals surface area contributed by atoms with E-state index in [-0.39, 0.29) is 18.8 Å². The first kappa shape index (κ1) is 32.9. The number of aliphatic hydroxyl groups is 2. The summed E-state index contributed by atoms with van der Waals surface area (Å²) in [6.07, 6.45) is 8.93. The molecule has 1 aromatic carbocycles. The Morgan fingerprint density at radius 1 is 1.07 bits per heavy atom. The predicted octanol–water partition coefficient (Wildman–Crippen LogP) is 7.24. The van der Waals surface area contributed by atoms with Gasteiger partial charge in [0.05, 0.1) is 0 Å². The first-order valence-electron chi connectivity index (χ1n) is 13.3. The Morgan fingerprint density at radius 2 is 1.73 bits per heavy atom. The number of unbranched alkanes of at least 4 members (excludes halogenated alkanes) is 3. The Bertz CT molecular complexity index is 1360. The van der Waals surface area contributed by atoms with Gasteiger partial charge in [-0.25, -0.2) is 13.8 Å². The summed E-state index contributed by atoms with van der Waals surface area (Å²) in [7, 11) is 0. The lowest BCUT2D eigenvalue weighted by molar-refractivity contribution is 0.1000. The van der Waals surface area contributed by atoms with Gasteiger partial charge in [0.25, 0.3) is 6.43 Å². The number of carbonyl (C=O) groups is 1. The van der Waals surface area contributed by atoms with Crippen LogP contribution in [0.4, 0.5) is 8.78 Å². The van der Waals surface area contributed by atoms with Crippen LogP contribution < -0.4 is 5.73 Å². The molecule has 0 unspecified atom stereocenters. The number of pyridine rings is 1. The lowest BCUT2D eigenvalue weighted by Gasteiger charge is -2.13. The van der Waals surface area contributed by atoms with Crippen molar-refractivity contribution >= 4 is 28.7 Å². The van der Waals surface area contributed by atoms with E-state index >= 15 is 0 Å². The third-order valence-electron chi connectivity index (χ3n) is 6.18. The number of aliphatic hydroxyl groups excluding tert-OH is 2. The SMILES string of the molecule is CC\C=C(C)/C(=C\C=C(/C)C(F)F)c1ccccc1-c1nc2cc(C(N)=O)ccn2c1Cl.OCCCCCCO. The fourth-order valence-corrected chi connectivity index (χ4v) is 4.27. The van der Waals surface area contributed by atoms with Crippen LogP contribution in [-0.4, -0.2) is 45.1 Å². The molecule has 9 heteroatoms. The summed E-state index contributed by atoms with van der Waals surface area (Å²) in [6, 6.07) is 10.7. The number of rotatable bonds is 12. The number of nitrogens with two attached hydrogens (primary N) is 1. The minimum Gasteiger partial charge on any atom is -0.396 e. The molecular weight excluding hydrogens is 536 g/mol. The number of halogens is 3. The van der Waals surface area contributed by atoms with E-state index in [1.54, 1.807) is 28.8 Å². The molecule has 3 rings (SSSR count). The fourth-order valence-electron chi connectivity index (χ4n) is 3.98. The zero-order chi connectivity index (χ0) is 29.7. The van der Waals surface area contributed by atoms with Gasteiger partial charge in [-0.3, -0.25) is 9.20 Å². The molecule has 0 radical (unpaired) electrons. The van der Waals surface area contributed by atoms with Gasteiger partial charge >= 0.3 is 0 Å². The zero-order valence-electron chi connectivity index (χ0n) is 23.2. The maximum Gasteiger partial charge on any atom is 0.259 e. The molecule has 2 aromatic heterocycles. The Morgan fingerprint density at radius 3 is 2.30 bits per heavy atom. The van der Waals surface area contributed by atoms with Crippen molar-refractivity contribution in [2.45, 2.75) is 59.3 Å². The molecule has 0 aliphatic carbocycles. The van der Waals surface area contributed by atoms with Crippen molar-refractivity contribution in [3.63, 3.8) is 0 Å². The average molecular weight is 574 g/mol. The largest absolute Gasteiger partial charge is 0.396 e. The minimum absolute atomic E-state index is 0.0194. The zero-order valence-corrected chi connectivity index (χ0v) is 24.0. The molecule has 1 amide bonds. The van der Waals surface area contributed by atoms with Crippen LogP contribution in [0, 0.1) is 0 Å². The molecule has 0 atom stereocenters. The highest BCUT2D eigenvalue weighted by Crippen LogP contribution is 2.36. The molecule has 0 aliphatic rings. The second-order valence-corrected chi connectivity index (χ2v) is 9.61. The van der Waals surface area contributed by atoms with Crippen molar-refractivity contribution in [3.8, 4) is 11.3 Å². The lowest BCUT2D eigenvalue weighted by Crippen LogP contribution is -2.11. The van der Waals surface area contributed by atoms with Crippen molar-refractivity contribution in [3.05, 3.63) is 88.2 Å². The number of hydrogen-bond donors (Lipinski definition) is 3. The molecule has 0 saturated heterocycles. The van der Waals surface area contributed by atoms with Crippen molar-refractivity contribution in [2.75, 3.05) is 13.2 Å². The van der Waals surface area contributed by atoms with Gasteiger partial charge in [0, 0.05) is 30.5 Å². The van der Waals surface area contributed by atoms with Gasteiger partial charge < -0.3 is 15.9 Å². The van der Waals surface area contributed by atoms with Gasteiger partial charge in [0.2, 0.25) is 5.91 Å². The Balaban J connectivity index is 0.000000611. The number of alkyl halides is 2. The van der Waals surface area contributed by atoms with Crippen LogP contribution in [0.1, 0.15) is 68.8 Å². The Labute approximate surface area is 239 Å². The van der Waals surface area contributed by atoms with Crippen LogP contribution in [0.5, 0.6) is 0 Å². The van der Waals surface area contributed by atoms with Crippen LogP contribution in [0.3, 0.4) is 0 Å². The highest BCUT2D eigenvalue weighted by Gasteiger charge is 2.18. The van der Waals surface area contributed by atoms with Gasteiger partial charge in [-0.05, 0) is 67.5 Å². The van der Waals surface area contributed by atoms with E-state index in [0.29, 0.717) is 22.1 Å². The van der Waals surface area contributed by atoms with Gasteiger partial charge in [-0.1, -0.05) is 73.9 Å². The van der Waals surface area contributed by atoms with Crippen LogP contribution in [0.25, 0.3) is 22.5 Å². The Kier molecular flexibility index (Phi) is 13.7. The summed E-state index contributed by atoms with van der Waals surface area (Å²) in [6.45, 7) is 5.93. The van der Waals surface area contributed by atoms with Crippen LogP contribution in [0.15, 0.2) is 72.0 Å². The molecule has 0 saturated carbocycles. The van der Waals surface area contributed by atoms with Crippen molar-refractivity contribution in [1.82, 2.24) is 9.38 Å². The van der Waals surface area contributed by atoms with E-state index in [2.05, 4.69) is 4.98 Å². The molecular formula is C31H38ClF2N3O3. The maximum atomic E-state index is 13.1. The summed E-state index contributed by atoms with van der Waals surface area (Å²) in [4.78, 5) is 16.2. The minimum atomic E-state index is -2.52. The molecule has 0 spiro atoms. The van der Waals surface area contributed by atoms with Gasteiger partial charge in [-0.15, -0.1) is 0 Å². The molecule has 216 valence electrons. The summed E-state index contributed by atoms with van der Waals surface area (Å²) in [5.41, 5.74) is 10.0.